The molecule has 2 heterocycles. The first kappa shape index (κ1) is 10.5. The fourth-order valence-electron chi connectivity index (χ4n) is 1.54. The second-order valence-corrected chi connectivity index (χ2v) is 3.74. The molecular weight excluding hydrogens is 209 g/mol. The minimum atomic E-state index is -4.41. The number of hydrogen-bond acceptors (Lipinski definition) is 3. The van der Waals surface area contributed by atoms with Crippen molar-refractivity contribution in [2.24, 2.45) is 5.92 Å². The van der Waals surface area contributed by atoms with E-state index in [2.05, 4.69) is 10.3 Å². The highest BCUT2D eigenvalue weighted by Crippen LogP contribution is 2.31. The van der Waals surface area contributed by atoms with Gasteiger partial charge in [-0.25, -0.2) is 4.98 Å². The number of rotatable bonds is 2. The molecule has 1 aromatic heterocycles. The molecule has 6 heteroatoms. The van der Waals surface area contributed by atoms with Crippen LogP contribution in [0.15, 0.2) is 4.42 Å². The fraction of sp³-hybridized carbons (Fsp3) is 0.667. The summed E-state index contributed by atoms with van der Waals surface area (Å²) in [6.45, 7) is 2.93. The summed E-state index contributed by atoms with van der Waals surface area (Å²) in [7, 11) is 0. The SMILES string of the molecule is Cc1oc(CC2CNC2)nc1C(F)(F)F. The number of nitrogens with one attached hydrogen (secondary N) is 1. The molecule has 1 aliphatic rings. The molecule has 0 bridgehead atoms. The molecule has 1 aliphatic heterocycles. The number of aromatic nitrogens is 1. The van der Waals surface area contributed by atoms with Crippen molar-refractivity contribution in [3.8, 4) is 0 Å². The van der Waals surface area contributed by atoms with Crippen LogP contribution >= 0.6 is 0 Å². The van der Waals surface area contributed by atoms with Gasteiger partial charge in [-0.1, -0.05) is 0 Å². The Hall–Kier alpha value is -1.04. The zero-order chi connectivity index (χ0) is 11.1. The summed E-state index contributed by atoms with van der Waals surface area (Å²) >= 11 is 0. The van der Waals surface area contributed by atoms with Crippen LogP contribution in [0, 0.1) is 12.8 Å². The van der Waals surface area contributed by atoms with Gasteiger partial charge in [-0.2, -0.15) is 13.2 Å². The van der Waals surface area contributed by atoms with E-state index in [4.69, 9.17) is 4.42 Å². The molecule has 0 aromatic carbocycles. The molecule has 0 amide bonds. The fourth-order valence-corrected chi connectivity index (χ4v) is 1.54. The van der Waals surface area contributed by atoms with Gasteiger partial charge in [-0.3, -0.25) is 0 Å². The lowest BCUT2D eigenvalue weighted by Gasteiger charge is -2.25. The minimum absolute atomic E-state index is 0.148. The first-order chi connectivity index (χ1) is 6.97. The molecule has 0 aliphatic carbocycles. The van der Waals surface area contributed by atoms with E-state index < -0.39 is 11.9 Å². The Morgan fingerprint density at radius 2 is 2.13 bits per heavy atom. The molecule has 0 saturated carbocycles. The second-order valence-electron chi connectivity index (χ2n) is 3.74. The average molecular weight is 220 g/mol. The summed E-state index contributed by atoms with van der Waals surface area (Å²) in [5, 5.41) is 3.04. The van der Waals surface area contributed by atoms with Gasteiger partial charge in [0.25, 0.3) is 0 Å². The van der Waals surface area contributed by atoms with Gasteiger partial charge < -0.3 is 9.73 Å². The number of aryl methyl sites for hydroxylation is 1. The molecule has 0 radical (unpaired) electrons. The van der Waals surface area contributed by atoms with Gasteiger partial charge in [-0.15, -0.1) is 0 Å². The first-order valence-electron chi connectivity index (χ1n) is 4.71. The molecule has 1 fully saturated rings. The third-order valence-corrected chi connectivity index (χ3v) is 2.44. The first-order valence-corrected chi connectivity index (χ1v) is 4.71. The number of alkyl halides is 3. The van der Waals surface area contributed by atoms with Crippen LogP contribution < -0.4 is 5.32 Å². The Morgan fingerprint density at radius 3 is 2.53 bits per heavy atom. The highest BCUT2D eigenvalue weighted by Gasteiger charge is 2.37. The van der Waals surface area contributed by atoms with Crippen LogP contribution in [0.2, 0.25) is 0 Å². The molecule has 0 spiro atoms. The number of oxazole rings is 1. The van der Waals surface area contributed by atoms with E-state index in [9.17, 15) is 13.2 Å². The van der Waals surface area contributed by atoms with E-state index in [0.29, 0.717) is 12.3 Å². The molecule has 0 unspecified atom stereocenters. The van der Waals surface area contributed by atoms with Crippen LogP contribution in [0.4, 0.5) is 13.2 Å². The lowest BCUT2D eigenvalue weighted by molar-refractivity contribution is -0.141. The van der Waals surface area contributed by atoms with Gasteiger partial charge in [-0.05, 0) is 25.9 Å². The average Bonchev–Trinajstić information content (AvgIpc) is 2.38. The third-order valence-electron chi connectivity index (χ3n) is 2.44. The van der Waals surface area contributed by atoms with Crippen LogP contribution in [-0.4, -0.2) is 18.1 Å². The third kappa shape index (κ3) is 2.14. The molecule has 2 rings (SSSR count). The summed E-state index contributed by atoms with van der Waals surface area (Å²) in [6, 6.07) is 0. The van der Waals surface area contributed by atoms with Crippen molar-refractivity contribution >= 4 is 0 Å². The Balaban J connectivity index is 2.13. The van der Waals surface area contributed by atoms with E-state index in [1.165, 1.54) is 6.92 Å². The Kier molecular flexibility index (Phi) is 2.46. The van der Waals surface area contributed by atoms with Crippen molar-refractivity contribution in [2.45, 2.75) is 19.5 Å². The van der Waals surface area contributed by atoms with Crippen LogP contribution in [0.3, 0.4) is 0 Å². The molecule has 15 heavy (non-hydrogen) atoms. The van der Waals surface area contributed by atoms with Gasteiger partial charge in [0.2, 0.25) is 0 Å². The van der Waals surface area contributed by atoms with E-state index in [1.807, 2.05) is 0 Å². The number of halogens is 3. The molecule has 0 atom stereocenters. The maximum atomic E-state index is 12.4. The highest BCUT2D eigenvalue weighted by atomic mass is 19.4. The standard InChI is InChI=1S/C9H11F3N2O/c1-5-8(9(10,11)12)14-7(15-5)2-6-3-13-4-6/h6,13H,2-4H2,1H3. The van der Waals surface area contributed by atoms with Gasteiger partial charge >= 0.3 is 6.18 Å². The normalized spacial score (nSPS) is 17.9. The number of hydrogen-bond donors (Lipinski definition) is 1. The van der Waals surface area contributed by atoms with Crippen LogP contribution in [0.5, 0.6) is 0 Å². The summed E-state index contributed by atoms with van der Waals surface area (Å²) < 4.78 is 42.1. The smallest absolute Gasteiger partial charge is 0.436 e. The quantitative estimate of drug-likeness (QED) is 0.825. The molecule has 1 saturated heterocycles. The minimum Gasteiger partial charge on any atom is -0.445 e. The maximum Gasteiger partial charge on any atom is 0.436 e. The van der Waals surface area contributed by atoms with Crippen molar-refractivity contribution in [1.29, 1.82) is 0 Å². The van der Waals surface area contributed by atoms with Crippen molar-refractivity contribution in [3.63, 3.8) is 0 Å². The molecule has 3 nitrogen and oxygen atoms in total. The van der Waals surface area contributed by atoms with Crippen molar-refractivity contribution in [2.75, 3.05) is 13.1 Å². The van der Waals surface area contributed by atoms with Crippen LogP contribution in [-0.2, 0) is 12.6 Å². The molecule has 1 N–H and O–H groups in total. The van der Waals surface area contributed by atoms with E-state index in [1.54, 1.807) is 0 Å². The van der Waals surface area contributed by atoms with Gasteiger partial charge in [0.1, 0.15) is 5.76 Å². The van der Waals surface area contributed by atoms with Gasteiger partial charge in [0.05, 0.1) is 0 Å². The lowest BCUT2D eigenvalue weighted by atomic mass is 10.00. The second kappa shape index (κ2) is 3.52. The topological polar surface area (TPSA) is 38.1 Å². The molecular formula is C9H11F3N2O. The summed E-state index contributed by atoms with van der Waals surface area (Å²) in [5.41, 5.74) is -0.898. The molecule has 84 valence electrons. The largest absolute Gasteiger partial charge is 0.445 e. The number of nitrogens with zero attached hydrogens (tertiary/aromatic N) is 1. The summed E-state index contributed by atoms with van der Waals surface area (Å²) in [5.74, 6) is 0.389. The van der Waals surface area contributed by atoms with Crippen molar-refractivity contribution in [3.05, 3.63) is 17.3 Å². The van der Waals surface area contributed by atoms with Gasteiger partial charge in [0, 0.05) is 6.42 Å². The maximum absolute atomic E-state index is 12.4. The lowest BCUT2D eigenvalue weighted by Crippen LogP contribution is -2.43. The Labute approximate surface area is 84.7 Å². The summed E-state index contributed by atoms with van der Waals surface area (Å²) in [4.78, 5) is 3.48. The van der Waals surface area contributed by atoms with E-state index >= 15 is 0 Å². The highest BCUT2D eigenvalue weighted by molar-refractivity contribution is 5.12. The molecule has 1 aromatic rings. The van der Waals surface area contributed by atoms with Crippen LogP contribution in [0.25, 0.3) is 0 Å². The Bertz CT molecular complexity index is 355. The van der Waals surface area contributed by atoms with Crippen molar-refractivity contribution < 1.29 is 17.6 Å². The van der Waals surface area contributed by atoms with Gasteiger partial charge in [0.15, 0.2) is 11.6 Å². The van der Waals surface area contributed by atoms with E-state index in [0.717, 1.165) is 13.1 Å². The van der Waals surface area contributed by atoms with Crippen molar-refractivity contribution in [1.82, 2.24) is 10.3 Å². The predicted molar refractivity (Wildman–Crippen MR) is 46.3 cm³/mol. The monoisotopic (exact) mass is 220 g/mol. The Morgan fingerprint density at radius 1 is 1.47 bits per heavy atom. The predicted octanol–water partition coefficient (Wildman–Crippen LogP) is 1.76. The van der Waals surface area contributed by atoms with E-state index in [-0.39, 0.29) is 11.7 Å². The summed E-state index contributed by atoms with van der Waals surface area (Å²) in [6.07, 6.45) is -3.94. The zero-order valence-corrected chi connectivity index (χ0v) is 8.19. The van der Waals surface area contributed by atoms with Crippen LogP contribution in [0.1, 0.15) is 17.3 Å². The zero-order valence-electron chi connectivity index (χ0n) is 8.19.